The molecule has 0 N–H and O–H groups in total. The molecule has 0 radical (unpaired) electrons. The molecule has 0 fully saturated rings. The number of aryl methyl sites for hydroxylation is 1. The van der Waals surface area contributed by atoms with Crippen molar-refractivity contribution >= 4 is 28.3 Å². The Morgan fingerprint density at radius 2 is 2.19 bits per heavy atom. The Bertz CT molecular complexity index is 536. The third-order valence-electron chi connectivity index (χ3n) is 2.55. The summed E-state index contributed by atoms with van der Waals surface area (Å²) in [5.74, 6) is 0.170. The quantitative estimate of drug-likeness (QED) is 0.813. The van der Waals surface area contributed by atoms with Gasteiger partial charge in [0.15, 0.2) is 0 Å². The first-order valence-corrected chi connectivity index (χ1v) is 5.58. The van der Waals surface area contributed by atoms with Crippen molar-refractivity contribution in [2.45, 2.75) is 19.8 Å². The molecule has 0 saturated heterocycles. The highest BCUT2D eigenvalue weighted by molar-refractivity contribution is 6.32. The maximum Gasteiger partial charge on any atom is 0.130 e. The van der Waals surface area contributed by atoms with Crippen molar-refractivity contribution in [1.29, 1.82) is 0 Å². The zero-order valence-electron chi connectivity index (χ0n) is 9.03. The molecule has 0 atom stereocenters. The fourth-order valence-corrected chi connectivity index (χ4v) is 1.97. The molecular formula is C13H12ClNO. The zero-order chi connectivity index (χ0) is 11.5. The molecular weight excluding hydrogens is 222 g/mol. The predicted molar refractivity (Wildman–Crippen MR) is 65.8 cm³/mol. The normalized spacial score (nSPS) is 10.6. The van der Waals surface area contributed by atoms with Gasteiger partial charge in [-0.25, -0.2) is 0 Å². The summed E-state index contributed by atoms with van der Waals surface area (Å²) in [4.78, 5) is 15.3. The van der Waals surface area contributed by atoms with E-state index in [4.69, 9.17) is 11.6 Å². The standard InChI is InChI=1S/C13H12ClNO/c1-9(16)4-6-11-12(14)7-5-10-3-2-8-15-13(10)11/h2-3,5,7-8H,4,6H2,1H3. The van der Waals surface area contributed by atoms with Crippen molar-refractivity contribution in [2.75, 3.05) is 0 Å². The molecule has 1 aromatic heterocycles. The molecule has 0 aliphatic rings. The molecule has 0 bridgehead atoms. The Morgan fingerprint density at radius 1 is 1.38 bits per heavy atom. The van der Waals surface area contributed by atoms with Crippen molar-refractivity contribution < 1.29 is 4.79 Å². The SMILES string of the molecule is CC(=O)CCc1c(Cl)ccc2cccnc12. The molecule has 0 saturated carbocycles. The first kappa shape index (κ1) is 11.1. The lowest BCUT2D eigenvalue weighted by atomic mass is 10.0. The highest BCUT2D eigenvalue weighted by Crippen LogP contribution is 2.25. The fraction of sp³-hybridized carbons (Fsp3) is 0.231. The molecule has 0 spiro atoms. The van der Waals surface area contributed by atoms with Crippen LogP contribution < -0.4 is 0 Å². The smallest absolute Gasteiger partial charge is 0.130 e. The van der Waals surface area contributed by atoms with E-state index in [1.807, 2.05) is 24.3 Å². The second kappa shape index (κ2) is 4.62. The van der Waals surface area contributed by atoms with Crippen LogP contribution in [-0.2, 0) is 11.2 Å². The summed E-state index contributed by atoms with van der Waals surface area (Å²) in [6, 6.07) is 7.70. The number of carbonyl (C=O) groups is 1. The van der Waals surface area contributed by atoms with Gasteiger partial charge in [-0.2, -0.15) is 0 Å². The van der Waals surface area contributed by atoms with E-state index in [0.717, 1.165) is 16.5 Å². The molecule has 2 rings (SSSR count). The lowest BCUT2D eigenvalue weighted by Gasteiger charge is -2.06. The van der Waals surface area contributed by atoms with Crippen molar-refractivity contribution in [1.82, 2.24) is 4.98 Å². The molecule has 1 heterocycles. The summed E-state index contributed by atoms with van der Waals surface area (Å²) >= 11 is 6.14. The molecule has 0 aliphatic carbocycles. The minimum absolute atomic E-state index is 0.170. The van der Waals surface area contributed by atoms with E-state index >= 15 is 0 Å². The predicted octanol–water partition coefficient (Wildman–Crippen LogP) is 3.41. The summed E-state index contributed by atoms with van der Waals surface area (Å²) in [7, 11) is 0. The third kappa shape index (κ3) is 2.22. The van der Waals surface area contributed by atoms with Crippen molar-refractivity contribution in [3.05, 3.63) is 41.0 Å². The molecule has 0 unspecified atom stereocenters. The van der Waals surface area contributed by atoms with E-state index in [0.29, 0.717) is 17.9 Å². The minimum atomic E-state index is 0.170. The molecule has 16 heavy (non-hydrogen) atoms. The van der Waals surface area contributed by atoms with Gasteiger partial charge in [0.2, 0.25) is 0 Å². The van der Waals surface area contributed by atoms with Crippen LogP contribution in [0.2, 0.25) is 5.02 Å². The van der Waals surface area contributed by atoms with Gasteiger partial charge >= 0.3 is 0 Å². The Hall–Kier alpha value is -1.41. The summed E-state index contributed by atoms with van der Waals surface area (Å²) in [5.41, 5.74) is 1.87. The van der Waals surface area contributed by atoms with Gasteiger partial charge in [-0.15, -0.1) is 0 Å². The van der Waals surface area contributed by atoms with E-state index in [1.54, 1.807) is 13.1 Å². The Balaban J connectivity index is 2.48. The van der Waals surface area contributed by atoms with E-state index in [-0.39, 0.29) is 5.78 Å². The maximum atomic E-state index is 11.0. The number of carbonyl (C=O) groups excluding carboxylic acids is 1. The molecule has 0 amide bonds. The minimum Gasteiger partial charge on any atom is -0.300 e. The highest BCUT2D eigenvalue weighted by Gasteiger charge is 2.07. The van der Waals surface area contributed by atoms with E-state index < -0.39 is 0 Å². The van der Waals surface area contributed by atoms with Crippen LogP contribution in [0.5, 0.6) is 0 Å². The third-order valence-corrected chi connectivity index (χ3v) is 2.90. The number of pyridine rings is 1. The number of fused-ring (bicyclic) bond motifs is 1. The van der Waals surface area contributed by atoms with Gasteiger partial charge in [0.1, 0.15) is 5.78 Å². The Labute approximate surface area is 99.3 Å². The van der Waals surface area contributed by atoms with E-state index in [1.165, 1.54) is 0 Å². The summed E-state index contributed by atoms with van der Waals surface area (Å²) in [6.45, 7) is 1.59. The molecule has 3 heteroatoms. The van der Waals surface area contributed by atoms with Gasteiger partial charge in [-0.3, -0.25) is 4.98 Å². The number of nitrogens with zero attached hydrogens (tertiary/aromatic N) is 1. The van der Waals surface area contributed by atoms with Crippen LogP contribution in [0, 0.1) is 0 Å². The highest BCUT2D eigenvalue weighted by atomic mass is 35.5. The Morgan fingerprint density at radius 3 is 2.94 bits per heavy atom. The van der Waals surface area contributed by atoms with Crippen LogP contribution >= 0.6 is 11.6 Å². The first-order valence-electron chi connectivity index (χ1n) is 5.20. The average Bonchev–Trinajstić information content (AvgIpc) is 2.27. The van der Waals surface area contributed by atoms with Crippen LogP contribution in [0.3, 0.4) is 0 Å². The molecule has 0 aliphatic heterocycles. The zero-order valence-corrected chi connectivity index (χ0v) is 9.79. The maximum absolute atomic E-state index is 11.0. The molecule has 2 nitrogen and oxygen atoms in total. The Kier molecular flexibility index (Phi) is 3.20. The molecule has 2 aromatic rings. The second-order valence-corrected chi connectivity index (χ2v) is 4.21. The van der Waals surface area contributed by atoms with Gasteiger partial charge < -0.3 is 4.79 Å². The molecule has 82 valence electrons. The summed E-state index contributed by atoms with van der Waals surface area (Å²) in [6.07, 6.45) is 2.91. The number of rotatable bonds is 3. The van der Waals surface area contributed by atoms with Crippen LogP contribution in [0.4, 0.5) is 0 Å². The molecule has 1 aromatic carbocycles. The summed E-state index contributed by atoms with van der Waals surface area (Å²) < 4.78 is 0. The van der Waals surface area contributed by atoms with Gasteiger partial charge in [-0.05, 0) is 31.0 Å². The average molecular weight is 234 g/mol. The van der Waals surface area contributed by atoms with Crippen molar-refractivity contribution in [2.24, 2.45) is 0 Å². The lowest BCUT2D eigenvalue weighted by molar-refractivity contribution is -0.116. The number of hydrogen-bond acceptors (Lipinski definition) is 2. The number of halogens is 1. The van der Waals surface area contributed by atoms with Gasteiger partial charge in [-0.1, -0.05) is 23.7 Å². The van der Waals surface area contributed by atoms with Gasteiger partial charge in [0.25, 0.3) is 0 Å². The van der Waals surface area contributed by atoms with Crippen molar-refractivity contribution in [3.8, 4) is 0 Å². The first-order chi connectivity index (χ1) is 7.68. The number of aromatic nitrogens is 1. The van der Waals surface area contributed by atoms with Crippen molar-refractivity contribution in [3.63, 3.8) is 0 Å². The van der Waals surface area contributed by atoms with E-state index in [2.05, 4.69) is 4.98 Å². The van der Waals surface area contributed by atoms with Gasteiger partial charge in [0, 0.05) is 23.0 Å². The lowest BCUT2D eigenvalue weighted by Crippen LogP contribution is -1.96. The van der Waals surface area contributed by atoms with Gasteiger partial charge in [0.05, 0.1) is 5.52 Å². The number of ketones is 1. The largest absolute Gasteiger partial charge is 0.300 e. The van der Waals surface area contributed by atoms with Crippen LogP contribution in [-0.4, -0.2) is 10.8 Å². The van der Waals surface area contributed by atoms with Crippen LogP contribution in [0.15, 0.2) is 30.5 Å². The topological polar surface area (TPSA) is 30.0 Å². The monoisotopic (exact) mass is 233 g/mol. The van der Waals surface area contributed by atoms with E-state index in [9.17, 15) is 4.79 Å². The number of Topliss-reactive ketones (excluding diaryl/α,β-unsaturated/α-hetero) is 1. The second-order valence-electron chi connectivity index (χ2n) is 3.80. The fourth-order valence-electron chi connectivity index (χ4n) is 1.72. The number of hydrogen-bond donors (Lipinski definition) is 0. The number of benzene rings is 1. The van der Waals surface area contributed by atoms with Crippen LogP contribution in [0.25, 0.3) is 10.9 Å². The van der Waals surface area contributed by atoms with Crippen LogP contribution in [0.1, 0.15) is 18.9 Å². The summed E-state index contributed by atoms with van der Waals surface area (Å²) in [5, 5.41) is 1.75.